The Morgan fingerprint density at radius 3 is 2.67 bits per heavy atom. The Morgan fingerprint density at radius 1 is 1.33 bits per heavy atom. The minimum Gasteiger partial charge on any atom is -0.303 e. The lowest BCUT2D eigenvalue weighted by atomic mass is 10.2. The van der Waals surface area contributed by atoms with E-state index in [4.69, 9.17) is 0 Å². The Hall–Kier alpha value is -0.920. The lowest BCUT2D eigenvalue weighted by Crippen LogP contribution is -1.91. The van der Waals surface area contributed by atoms with E-state index in [1.165, 1.54) is 18.9 Å². The van der Waals surface area contributed by atoms with Crippen molar-refractivity contribution >= 4 is 12.1 Å². The fraction of sp³-hybridized carbons (Fsp3) is 0.600. The number of carbonyl (C=O) groups is 2. The number of hydrogen-bond donors (Lipinski definition) is 0. The van der Waals surface area contributed by atoms with Crippen LogP contribution in [0.2, 0.25) is 0 Å². The highest BCUT2D eigenvalue weighted by Gasteiger charge is 1.91. The van der Waals surface area contributed by atoms with E-state index in [2.05, 4.69) is 6.92 Å². The van der Waals surface area contributed by atoms with Crippen LogP contribution < -0.4 is 0 Å². The lowest BCUT2D eigenvalue weighted by molar-refractivity contribution is -0.118. The third-order valence-corrected chi connectivity index (χ3v) is 1.56. The average Bonchev–Trinajstić information content (AvgIpc) is 2.05. The second kappa shape index (κ2) is 8.18. The summed E-state index contributed by atoms with van der Waals surface area (Å²) < 4.78 is 0. The van der Waals surface area contributed by atoms with Crippen LogP contribution in [0.4, 0.5) is 0 Å². The molecule has 0 rings (SSSR count). The second-order valence-electron chi connectivity index (χ2n) is 2.74. The molecule has 0 aromatic heterocycles. The van der Waals surface area contributed by atoms with Gasteiger partial charge in [-0.1, -0.05) is 25.8 Å². The summed E-state index contributed by atoms with van der Waals surface area (Å²) in [5, 5.41) is 0. The maximum Gasteiger partial charge on any atom is 0.162 e. The Kier molecular flexibility index (Phi) is 7.55. The first-order valence-corrected chi connectivity index (χ1v) is 4.44. The van der Waals surface area contributed by atoms with Gasteiger partial charge in [0, 0.05) is 0 Å². The van der Waals surface area contributed by atoms with Crippen molar-refractivity contribution in [2.24, 2.45) is 0 Å². The molecule has 2 nitrogen and oxygen atoms in total. The van der Waals surface area contributed by atoms with Crippen LogP contribution in [-0.2, 0) is 9.59 Å². The van der Waals surface area contributed by atoms with Crippen molar-refractivity contribution in [2.45, 2.75) is 39.0 Å². The van der Waals surface area contributed by atoms with Crippen molar-refractivity contribution in [3.63, 3.8) is 0 Å². The minimum atomic E-state index is -0.0958. The average molecular weight is 168 g/mol. The molecule has 0 fully saturated rings. The standard InChI is InChI=1S/C10H16O2/c1-2-3-4-5-6-7-10(12)8-9-11/h6-7,9H,2-5,8H2,1H3. The van der Waals surface area contributed by atoms with Crippen molar-refractivity contribution in [3.8, 4) is 0 Å². The number of allylic oxidation sites excluding steroid dienone is 2. The zero-order valence-corrected chi connectivity index (χ0v) is 7.58. The molecule has 0 aromatic carbocycles. The fourth-order valence-electron chi connectivity index (χ4n) is 0.877. The Balaban J connectivity index is 3.34. The molecule has 0 bridgehead atoms. The first-order chi connectivity index (χ1) is 5.81. The van der Waals surface area contributed by atoms with E-state index in [1.54, 1.807) is 0 Å². The van der Waals surface area contributed by atoms with Crippen molar-refractivity contribution in [3.05, 3.63) is 12.2 Å². The SMILES string of the molecule is CCCCCC=CC(=O)CC=O. The number of ketones is 1. The van der Waals surface area contributed by atoms with E-state index >= 15 is 0 Å². The molecule has 0 amide bonds. The van der Waals surface area contributed by atoms with Gasteiger partial charge in [-0.25, -0.2) is 0 Å². The van der Waals surface area contributed by atoms with Crippen molar-refractivity contribution in [1.82, 2.24) is 0 Å². The Labute approximate surface area is 73.7 Å². The Bertz CT molecular complexity index is 159. The van der Waals surface area contributed by atoms with E-state index in [1.807, 2.05) is 6.08 Å². The van der Waals surface area contributed by atoms with Crippen molar-refractivity contribution in [1.29, 1.82) is 0 Å². The van der Waals surface area contributed by atoms with Crippen LogP contribution in [0.3, 0.4) is 0 Å². The summed E-state index contributed by atoms with van der Waals surface area (Å²) in [6.45, 7) is 2.14. The first-order valence-electron chi connectivity index (χ1n) is 4.44. The van der Waals surface area contributed by atoms with Gasteiger partial charge in [-0.15, -0.1) is 0 Å². The van der Waals surface area contributed by atoms with Gasteiger partial charge in [-0.3, -0.25) is 4.79 Å². The molecule has 0 N–H and O–H groups in total. The molecule has 0 atom stereocenters. The van der Waals surface area contributed by atoms with Crippen LogP contribution in [0, 0.1) is 0 Å². The predicted molar refractivity (Wildman–Crippen MR) is 49.0 cm³/mol. The Morgan fingerprint density at radius 2 is 2.08 bits per heavy atom. The van der Waals surface area contributed by atoms with E-state index < -0.39 is 0 Å². The zero-order valence-electron chi connectivity index (χ0n) is 7.58. The van der Waals surface area contributed by atoms with Crippen LogP contribution >= 0.6 is 0 Å². The maximum atomic E-state index is 10.8. The van der Waals surface area contributed by atoms with Crippen molar-refractivity contribution < 1.29 is 9.59 Å². The smallest absolute Gasteiger partial charge is 0.162 e. The van der Waals surface area contributed by atoms with Gasteiger partial charge < -0.3 is 4.79 Å². The van der Waals surface area contributed by atoms with Gasteiger partial charge in [-0.05, 0) is 18.9 Å². The quantitative estimate of drug-likeness (QED) is 0.253. The van der Waals surface area contributed by atoms with Gasteiger partial charge in [0.1, 0.15) is 6.29 Å². The maximum absolute atomic E-state index is 10.8. The molecule has 0 saturated carbocycles. The molecule has 0 saturated heterocycles. The predicted octanol–water partition coefficient (Wildman–Crippen LogP) is 2.28. The normalized spacial score (nSPS) is 10.4. The molecule has 0 unspecified atom stereocenters. The highest BCUT2D eigenvalue weighted by Crippen LogP contribution is 1.99. The van der Waals surface area contributed by atoms with Crippen LogP contribution in [0.25, 0.3) is 0 Å². The number of hydrogen-bond acceptors (Lipinski definition) is 2. The number of rotatable bonds is 7. The molecule has 2 heteroatoms. The summed E-state index contributed by atoms with van der Waals surface area (Å²) in [5.41, 5.74) is 0. The monoisotopic (exact) mass is 168 g/mol. The van der Waals surface area contributed by atoms with Gasteiger partial charge in [0.25, 0.3) is 0 Å². The van der Waals surface area contributed by atoms with Crippen LogP contribution in [0.5, 0.6) is 0 Å². The molecule has 0 radical (unpaired) electrons. The van der Waals surface area contributed by atoms with Gasteiger partial charge in [0.05, 0.1) is 6.42 Å². The summed E-state index contributed by atoms with van der Waals surface area (Å²) in [5.74, 6) is -0.0958. The highest BCUT2D eigenvalue weighted by molar-refractivity contribution is 5.97. The summed E-state index contributed by atoms with van der Waals surface area (Å²) in [6.07, 6.45) is 8.47. The molecule has 0 heterocycles. The third-order valence-electron chi connectivity index (χ3n) is 1.56. The first kappa shape index (κ1) is 11.1. The van der Waals surface area contributed by atoms with E-state index in [0.29, 0.717) is 6.29 Å². The van der Waals surface area contributed by atoms with Gasteiger partial charge in [0.2, 0.25) is 0 Å². The number of aldehydes is 1. The van der Waals surface area contributed by atoms with Gasteiger partial charge in [0.15, 0.2) is 5.78 Å². The molecule has 0 aromatic rings. The van der Waals surface area contributed by atoms with Crippen LogP contribution in [-0.4, -0.2) is 12.1 Å². The minimum absolute atomic E-state index is 0.0181. The molecule has 0 spiro atoms. The van der Waals surface area contributed by atoms with Gasteiger partial charge in [-0.2, -0.15) is 0 Å². The summed E-state index contributed by atoms with van der Waals surface area (Å²) in [6, 6.07) is 0. The molecule has 0 aliphatic carbocycles. The number of carbonyl (C=O) groups excluding carboxylic acids is 2. The lowest BCUT2D eigenvalue weighted by Gasteiger charge is -1.90. The molecule has 0 aliphatic heterocycles. The third kappa shape index (κ3) is 7.19. The van der Waals surface area contributed by atoms with Crippen molar-refractivity contribution in [2.75, 3.05) is 0 Å². The summed E-state index contributed by atoms with van der Waals surface area (Å²) >= 11 is 0. The van der Waals surface area contributed by atoms with Crippen LogP contribution in [0.15, 0.2) is 12.2 Å². The number of unbranched alkanes of at least 4 members (excludes halogenated alkanes) is 3. The summed E-state index contributed by atoms with van der Waals surface area (Å²) in [4.78, 5) is 20.7. The molecular formula is C10H16O2. The molecular weight excluding hydrogens is 152 g/mol. The van der Waals surface area contributed by atoms with E-state index in [-0.39, 0.29) is 12.2 Å². The highest BCUT2D eigenvalue weighted by atomic mass is 16.1. The zero-order chi connectivity index (χ0) is 9.23. The van der Waals surface area contributed by atoms with Crippen LogP contribution in [0.1, 0.15) is 39.0 Å². The second-order valence-corrected chi connectivity index (χ2v) is 2.74. The molecule has 12 heavy (non-hydrogen) atoms. The largest absolute Gasteiger partial charge is 0.303 e. The molecule has 68 valence electrons. The topological polar surface area (TPSA) is 34.1 Å². The van der Waals surface area contributed by atoms with Gasteiger partial charge >= 0.3 is 0 Å². The summed E-state index contributed by atoms with van der Waals surface area (Å²) in [7, 11) is 0. The fourth-order valence-corrected chi connectivity index (χ4v) is 0.877. The molecule has 0 aliphatic rings. The van der Waals surface area contributed by atoms with E-state index in [0.717, 1.165) is 12.8 Å². The van der Waals surface area contributed by atoms with E-state index in [9.17, 15) is 9.59 Å².